The first-order chi connectivity index (χ1) is 12.3. The molecule has 0 aliphatic heterocycles. The predicted molar refractivity (Wildman–Crippen MR) is 105 cm³/mol. The summed E-state index contributed by atoms with van der Waals surface area (Å²) in [5.41, 5.74) is 3.43. The van der Waals surface area contributed by atoms with Crippen LogP contribution in [0.25, 0.3) is 10.6 Å². The van der Waals surface area contributed by atoms with E-state index in [2.05, 4.69) is 10.3 Å². The van der Waals surface area contributed by atoms with Gasteiger partial charge in [0.2, 0.25) is 0 Å². The number of anilines is 1. The topological polar surface area (TPSA) is 76.1 Å². The largest absolute Gasteiger partial charge is 0.320 e. The van der Waals surface area contributed by atoms with Crippen LogP contribution in [-0.4, -0.2) is 25.6 Å². The summed E-state index contributed by atoms with van der Waals surface area (Å²) in [6, 6.07) is 14.7. The summed E-state index contributed by atoms with van der Waals surface area (Å²) < 4.78 is 23.2. The lowest BCUT2D eigenvalue weighted by Gasteiger charge is -2.09. The number of nitrogens with zero attached hydrogens (tertiary/aromatic N) is 1. The molecule has 0 aliphatic carbocycles. The second-order valence-electron chi connectivity index (χ2n) is 6.03. The highest BCUT2D eigenvalue weighted by Crippen LogP contribution is 2.27. The summed E-state index contributed by atoms with van der Waals surface area (Å²) in [5.74, 6) is -0.489. The van der Waals surface area contributed by atoms with Crippen LogP contribution in [0.3, 0.4) is 0 Å². The molecule has 0 saturated heterocycles. The molecule has 26 heavy (non-hydrogen) atoms. The molecular formula is C19H18N2O3S2. The Kier molecular flexibility index (Phi) is 5.20. The van der Waals surface area contributed by atoms with Gasteiger partial charge in [-0.2, -0.15) is 0 Å². The normalized spacial score (nSPS) is 11.3. The smallest absolute Gasteiger partial charge is 0.275 e. The summed E-state index contributed by atoms with van der Waals surface area (Å²) in [6.07, 6.45) is 1.17. The number of amides is 1. The number of hydrogen-bond acceptors (Lipinski definition) is 5. The molecule has 0 fully saturated rings. The monoisotopic (exact) mass is 386 g/mol. The molecule has 3 rings (SSSR count). The Labute approximate surface area is 156 Å². The highest BCUT2D eigenvalue weighted by Gasteiger charge is 2.16. The van der Waals surface area contributed by atoms with E-state index in [9.17, 15) is 13.2 Å². The van der Waals surface area contributed by atoms with Gasteiger partial charge in [0.15, 0.2) is 9.84 Å². The Morgan fingerprint density at radius 3 is 2.54 bits per heavy atom. The van der Waals surface area contributed by atoms with Crippen molar-refractivity contribution in [3.63, 3.8) is 0 Å². The van der Waals surface area contributed by atoms with Gasteiger partial charge in [-0.05, 0) is 24.1 Å². The third kappa shape index (κ3) is 4.36. The number of carbonyl (C=O) groups is 1. The van der Waals surface area contributed by atoms with Crippen LogP contribution < -0.4 is 5.32 Å². The van der Waals surface area contributed by atoms with E-state index in [1.54, 1.807) is 29.6 Å². The number of nitrogens with one attached hydrogen (secondary N) is 1. The van der Waals surface area contributed by atoms with Crippen molar-refractivity contribution in [2.75, 3.05) is 11.6 Å². The maximum absolute atomic E-state index is 12.5. The van der Waals surface area contributed by atoms with Gasteiger partial charge in [-0.15, -0.1) is 11.3 Å². The molecule has 3 aromatic rings. The molecule has 0 radical (unpaired) electrons. The van der Waals surface area contributed by atoms with Crippen molar-refractivity contribution in [1.82, 2.24) is 4.98 Å². The number of benzene rings is 2. The standard InChI is InChI=1S/C19H18N2O3S2/c1-13-7-3-5-9-15(13)19-21-17(11-25-19)18(22)20-16-10-6-4-8-14(16)12-26(2,23)24/h3-11H,12H2,1-2H3,(H,20,22). The molecule has 5 nitrogen and oxygen atoms in total. The number of carbonyl (C=O) groups excluding carboxylic acids is 1. The molecule has 1 amide bonds. The highest BCUT2D eigenvalue weighted by atomic mass is 32.2. The third-order valence-electron chi connectivity index (χ3n) is 3.80. The van der Waals surface area contributed by atoms with Crippen molar-refractivity contribution >= 4 is 32.8 Å². The molecule has 0 saturated carbocycles. The number of sulfone groups is 1. The second kappa shape index (κ2) is 7.39. The summed E-state index contributed by atoms with van der Waals surface area (Å²) in [5, 5.41) is 5.25. The molecule has 0 unspecified atom stereocenters. The average Bonchev–Trinajstić information content (AvgIpc) is 3.06. The van der Waals surface area contributed by atoms with Gasteiger partial charge in [-0.25, -0.2) is 13.4 Å². The molecule has 0 atom stereocenters. The van der Waals surface area contributed by atoms with E-state index in [-0.39, 0.29) is 11.7 Å². The number of rotatable bonds is 5. The molecule has 2 aromatic carbocycles. The maximum atomic E-state index is 12.5. The fourth-order valence-electron chi connectivity index (χ4n) is 2.55. The SMILES string of the molecule is Cc1ccccc1-c1nc(C(=O)Nc2ccccc2CS(C)(=O)=O)cs1. The Morgan fingerprint density at radius 1 is 1.12 bits per heavy atom. The van der Waals surface area contributed by atoms with E-state index in [1.165, 1.54) is 17.6 Å². The van der Waals surface area contributed by atoms with Gasteiger partial charge in [0.05, 0.1) is 5.75 Å². The third-order valence-corrected chi connectivity index (χ3v) is 5.51. The fraction of sp³-hybridized carbons (Fsp3) is 0.158. The zero-order valence-corrected chi connectivity index (χ0v) is 16.0. The highest BCUT2D eigenvalue weighted by molar-refractivity contribution is 7.89. The van der Waals surface area contributed by atoms with Crippen molar-refractivity contribution in [3.05, 3.63) is 70.7 Å². The first-order valence-electron chi connectivity index (χ1n) is 7.92. The van der Waals surface area contributed by atoms with E-state index in [0.717, 1.165) is 16.1 Å². The number of thiazole rings is 1. The summed E-state index contributed by atoms with van der Waals surface area (Å²) in [4.78, 5) is 17.0. The lowest BCUT2D eigenvalue weighted by atomic mass is 10.1. The molecule has 1 heterocycles. The lowest BCUT2D eigenvalue weighted by molar-refractivity contribution is 0.102. The zero-order valence-electron chi connectivity index (χ0n) is 14.4. The van der Waals surface area contributed by atoms with Gasteiger partial charge in [0, 0.05) is 22.9 Å². The Balaban J connectivity index is 1.83. The molecule has 0 spiro atoms. The van der Waals surface area contributed by atoms with Gasteiger partial charge in [0.1, 0.15) is 10.7 Å². The van der Waals surface area contributed by atoms with Gasteiger partial charge in [-0.3, -0.25) is 4.79 Å². The molecular weight excluding hydrogens is 368 g/mol. The van der Waals surface area contributed by atoms with Gasteiger partial charge in [-0.1, -0.05) is 42.5 Å². The molecule has 1 N–H and O–H groups in total. The van der Waals surface area contributed by atoms with Crippen LogP contribution in [0.4, 0.5) is 5.69 Å². The fourth-order valence-corrected chi connectivity index (χ4v) is 4.26. The average molecular weight is 386 g/mol. The summed E-state index contributed by atoms with van der Waals surface area (Å²) >= 11 is 1.40. The Bertz CT molecular complexity index is 1060. The van der Waals surface area contributed by atoms with Crippen molar-refractivity contribution in [2.45, 2.75) is 12.7 Å². The van der Waals surface area contributed by atoms with Crippen LogP contribution in [0.5, 0.6) is 0 Å². The van der Waals surface area contributed by atoms with Gasteiger partial charge >= 0.3 is 0 Å². The van der Waals surface area contributed by atoms with Crippen LogP contribution >= 0.6 is 11.3 Å². The minimum atomic E-state index is -3.20. The summed E-state index contributed by atoms with van der Waals surface area (Å²) in [7, 11) is -3.20. The van der Waals surface area contributed by atoms with E-state index < -0.39 is 9.84 Å². The molecule has 134 valence electrons. The van der Waals surface area contributed by atoms with Crippen molar-refractivity contribution < 1.29 is 13.2 Å². The van der Waals surface area contributed by atoms with E-state index in [1.807, 2.05) is 31.2 Å². The van der Waals surface area contributed by atoms with Crippen molar-refractivity contribution in [3.8, 4) is 10.6 Å². The maximum Gasteiger partial charge on any atom is 0.275 e. The van der Waals surface area contributed by atoms with E-state index in [0.29, 0.717) is 16.9 Å². The lowest BCUT2D eigenvalue weighted by Crippen LogP contribution is -2.14. The number of aryl methyl sites for hydroxylation is 1. The number of para-hydroxylation sites is 1. The first-order valence-corrected chi connectivity index (χ1v) is 10.9. The van der Waals surface area contributed by atoms with Crippen LogP contribution in [0.15, 0.2) is 53.9 Å². The molecule has 0 aliphatic rings. The van der Waals surface area contributed by atoms with Gasteiger partial charge < -0.3 is 5.32 Å². The molecule has 7 heteroatoms. The van der Waals surface area contributed by atoms with Crippen molar-refractivity contribution in [2.24, 2.45) is 0 Å². The van der Waals surface area contributed by atoms with Gasteiger partial charge in [0.25, 0.3) is 5.91 Å². The van der Waals surface area contributed by atoms with Crippen LogP contribution in [-0.2, 0) is 15.6 Å². The van der Waals surface area contributed by atoms with Crippen LogP contribution in [0, 0.1) is 6.92 Å². The molecule has 0 bridgehead atoms. The second-order valence-corrected chi connectivity index (χ2v) is 9.03. The Hall–Kier alpha value is -2.51. The van der Waals surface area contributed by atoms with Crippen LogP contribution in [0.1, 0.15) is 21.6 Å². The predicted octanol–water partition coefficient (Wildman–Crippen LogP) is 3.92. The Morgan fingerprint density at radius 2 is 1.81 bits per heavy atom. The van der Waals surface area contributed by atoms with E-state index >= 15 is 0 Å². The van der Waals surface area contributed by atoms with E-state index in [4.69, 9.17) is 0 Å². The minimum Gasteiger partial charge on any atom is -0.320 e. The minimum absolute atomic E-state index is 0.130. The quantitative estimate of drug-likeness (QED) is 0.721. The number of aromatic nitrogens is 1. The number of hydrogen-bond donors (Lipinski definition) is 1. The van der Waals surface area contributed by atoms with Crippen LogP contribution in [0.2, 0.25) is 0 Å². The summed E-state index contributed by atoms with van der Waals surface area (Å²) in [6.45, 7) is 2.00. The van der Waals surface area contributed by atoms with Crippen molar-refractivity contribution in [1.29, 1.82) is 0 Å². The molecule has 1 aromatic heterocycles. The first kappa shape index (κ1) is 18.3. The zero-order chi connectivity index (χ0) is 18.7.